The molecule has 2 aromatic rings. The zero-order valence-corrected chi connectivity index (χ0v) is 13.7. The van der Waals surface area contributed by atoms with Gasteiger partial charge < -0.3 is 4.90 Å². The van der Waals surface area contributed by atoms with Gasteiger partial charge in [-0.2, -0.15) is 0 Å². The molecule has 4 heteroatoms. The Kier molecular flexibility index (Phi) is 5.51. The summed E-state index contributed by atoms with van der Waals surface area (Å²) in [6, 6.07) is 9.88. The minimum absolute atomic E-state index is 0.124. The van der Waals surface area contributed by atoms with Gasteiger partial charge in [0.25, 0.3) is 0 Å². The smallest absolute Gasteiger partial charge is 0.185 e. The maximum Gasteiger partial charge on any atom is 0.185 e. The second-order valence-corrected chi connectivity index (χ2v) is 5.97. The van der Waals surface area contributed by atoms with E-state index in [0.29, 0.717) is 12.5 Å². The number of hydrogen-bond donors (Lipinski definition) is 0. The molecule has 1 aromatic carbocycles. The van der Waals surface area contributed by atoms with Crippen molar-refractivity contribution in [2.24, 2.45) is 0 Å². The molecule has 1 atom stereocenters. The van der Waals surface area contributed by atoms with Crippen molar-refractivity contribution in [2.75, 3.05) is 11.4 Å². The summed E-state index contributed by atoms with van der Waals surface area (Å²) in [5, 5.41) is 3.02. The number of hydrogen-bond acceptors (Lipinski definition) is 4. The monoisotopic (exact) mass is 302 g/mol. The molecule has 3 nitrogen and oxygen atoms in total. The molecule has 0 spiro atoms. The molecule has 0 amide bonds. The van der Waals surface area contributed by atoms with Crippen molar-refractivity contribution < 1.29 is 4.79 Å². The first-order chi connectivity index (χ1) is 10.2. The average Bonchev–Trinajstić information content (AvgIpc) is 2.96. The minimum Gasteiger partial charge on any atom is -0.346 e. The van der Waals surface area contributed by atoms with Gasteiger partial charge in [-0.3, -0.25) is 4.79 Å². The fourth-order valence-electron chi connectivity index (χ4n) is 2.26. The van der Waals surface area contributed by atoms with E-state index >= 15 is 0 Å². The number of Topliss-reactive ketones (excluding diaryl/α,β-unsaturated/α-hetero) is 1. The summed E-state index contributed by atoms with van der Waals surface area (Å²) in [5.41, 5.74) is 1.62. The number of benzene rings is 1. The van der Waals surface area contributed by atoms with Gasteiger partial charge in [-0.25, -0.2) is 4.98 Å². The number of rotatable bonds is 7. The van der Waals surface area contributed by atoms with Crippen molar-refractivity contribution in [2.45, 2.75) is 39.7 Å². The Morgan fingerprint density at radius 3 is 2.62 bits per heavy atom. The Morgan fingerprint density at radius 1 is 1.29 bits per heavy atom. The Morgan fingerprint density at radius 2 is 2.00 bits per heavy atom. The highest BCUT2D eigenvalue weighted by Crippen LogP contribution is 2.24. The van der Waals surface area contributed by atoms with E-state index in [9.17, 15) is 4.79 Å². The maximum atomic E-state index is 12.2. The Balaban J connectivity index is 2.08. The van der Waals surface area contributed by atoms with E-state index < -0.39 is 0 Å². The first-order valence-corrected chi connectivity index (χ1v) is 8.33. The number of carbonyl (C=O) groups excluding carboxylic acids is 1. The van der Waals surface area contributed by atoms with Gasteiger partial charge in [-0.15, -0.1) is 11.3 Å². The van der Waals surface area contributed by atoms with Crippen LogP contribution in [-0.4, -0.2) is 23.4 Å². The molecule has 0 saturated carbocycles. The molecule has 2 rings (SSSR count). The Labute approximate surface area is 130 Å². The number of thiazole rings is 1. The summed E-state index contributed by atoms with van der Waals surface area (Å²) >= 11 is 1.63. The van der Waals surface area contributed by atoms with Gasteiger partial charge >= 0.3 is 0 Å². The summed E-state index contributed by atoms with van der Waals surface area (Å²) in [6.45, 7) is 7.47. The highest BCUT2D eigenvalue weighted by atomic mass is 32.1. The summed E-state index contributed by atoms with van der Waals surface area (Å²) in [5.74, 6) is 0.124. The predicted molar refractivity (Wildman–Crippen MR) is 89.4 cm³/mol. The van der Waals surface area contributed by atoms with E-state index in [1.807, 2.05) is 35.7 Å². The fraction of sp³-hybridized carbons (Fsp3) is 0.412. The minimum atomic E-state index is 0.124. The third kappa shape index (κ3) is 3.91. The molecule has 0 bridgehead atoms. The normalized spacial score (nSPS) is 12.1. The van der Waals surface area contributed by atoms with E-state index in [4.69, 9.17) is 0 Å². The van der Waals surface area contributed by atoms with Crippen LogP contribution in [0.15, 0.2) is 35.7 Å². The van der Waals surface area contributed by atoms with Crippen LogP contribution >= 0.6 is 11.3 Å². The van der Waals surface area contributed by atoms with Gasteiger partial charge in [0.2, 0.25) is 0 Å². The second kappa shape index (κ2) is 7.36. The molecule has 112 valence electrons. The van der Waals surface area contributed by atoms with Gasteiger partial charge in [0.1, 0.15) is 0 Å². The first kappa shape index (κ1) is 15.7. The van der Waals surface area contributed by atoms with Gasteiger partial charge in [-0.1, -0.05) is 37.3 Å². The van der Waals surface area contributed by atoms with Crippen molar-refractivity contribution >= 4 is 22.3 Å². The first-order valence-electron chi connectivity index (χ1n) is 7.45. The van der Waals surface area contributed by atoms with Crippen molar-refractivity contribution in [3.8, 4) is 0 Å². The molecule has 1 unspecified atom stereocenters. The van der Waals surface area contributed by atoms with Crippen molar-refractivity contribution in [1.29, 1.82) is 0 Å². The number of aromatic nitrogens is 1. The maximum absolute atomic E-state index is 12.2. The largest absolute Gasteiger partial charge is 0.346 e. The standard InChI is InChI=1S/C17H22N2OS/c1-4-13(3)19(5-2)17-18-15(12-21-17)11-16(20)14-9-7-6-8-10-14/h6-10,12-13H,4-5,11H2,1-3H3. The number of carbonyl (C=O) groups is 1. The lowest BCUT2D eigenvalue weighted by molar-refractivity contribution is 0.0992. The molecular weight excluding hydrogens is 280 g/mol. The average molecular weight is 302 g/mol. The van der Waals surface area contributed by atoms with Crippen LogP contribution in [0.4, 0.5) is 5.13 Å². The number of nitrogens with zero attached hydrogens (tertiary/aromatic N) is 2. The quantitative estimate of drug-likeness (QED) is 0.719. The molecule has 0 fully saturated rings. The lowest BCUT2D eigenvalue weighted by Crippen LogP contribution is -2.32. The molecule has 0 N–H and O–H groups in total. The molecule has 1 heterocycles. The summed E-state index contributed by atoms with van der Waals surface area (Å²) < 4.78 is 0. The van der Waals surface area contributed by atoms with E-state index in [-0.39, 0.29) is 5.78 Å². The number of anilines is 1. The molecule has 0 radical (unpaired) electrons. The SMILES string of the molecule is CCC(C)N(CC)c1nc(CC(=O)c2ccccc2)cs1. The van der Waals surface area contributed by atoms with Gasteiger partial charge in [0.15, 0.2) is 10.9 Å². The summed E-state index contributed by atoms with van der Waals surface area (Å²) in [7, 11) is 0. The molecule has 1 aromatic heterocycles. The van der Waals surface area contributed by atoms with Gasteiger partial charge in [0.05, 0.1) is 12.1 Å². The van der Waals surface area contributed by atoms with Crippen LogP contribution in [0.1, 0.15) is 43.2 Å². The lowest BCUT2D eigenvalue weighted by atomic mass is 10.1. The molecule has 0 aliphatic rings. The van der Waals surface area contributed by atoms with Gasteiger partial charge in [-0.05, 0) is 20.3 Å². The third-order valence-corrected chi connectivity index (χ3v) is 4.61. The van der Waals surface area contributed by atoms with Crippen LogP contribution in [0.25, 0.3) is 0 Å². The number of ketones is 1. The second-order valence-electron chi connectivity index (χ2n) is 5.13. The van der Waals surface area contributed by atoms with Crippen molar-refractivity contribution in [3.63, 3.8) is 0 Å². The fourth-order valence-corrected chi connectivity index (χ4v) is 3.25. The Hall–Kier alpha value is -1.68. The molecule has 0 saturated heterocycles. The summed E-state index contributed by atoms with van der Waals surface area (Å²) in [4.78, 5) is 19.1. The van der Waals surface area contributed by atoms with Crippen molar-refractivity contribution in [1.82, 2.24) is 4.98 Å². The Bertz CT molecular complexity index is 579. The van der Waals surface area contributed by atoms with Crippen LogP contribution in [0.2, 0.25) is 0 Å². The molecule has 0 aliphatic carbocycles. The van der Waals surface area contributed by atoms with E-state index in [2.05, 4.69) is 30.7 Å². The van der Waals surface area contributed by atoms with Crippen LogP contribution in [0, 0.1) is 0 Å². The highest BCUT2D eigenvalue weighted by molar-refractivity contribution is 7.13. The van der Waals surface area contributed by atoms with E-state index in [1.165, 1.54) is 0 Å². The molecule has 21 heavy (non-hydrogen) atoms. The van der Waals surface area contributed by atoms with Crippen LogP contribution < -0.4 is 4.90 Å². The molecule has 0 aliphatic heterocycles. The van der Waals surface area contributed by atoms with E-state index in [1.54, 1.807) is 11.3 Å². The zero-order valence-electron chi connectivity index (χ0n) is 12.9. The van der Waals surface area contributed by atoms with Crippen LogP contribution in [-0.2, 0) is 6.42 Å². The van der Waals surface area contributed by atoms with Crippen molar-refractivity contribution in [3.05, 3.63) is 47.0 Å². The van der Waals surface area contributed by atoms with E-state index in [0.717, 1.165) is 29.4 Å². The topological polar surface area (TPSA) is 33.2 Å². The summed E-state index contributed by atoms with van der Waals surface area (Å²) in [6.07, 6.45) is 1.46. The lowest BCUT2D eigenvalue weighted by Gasteiger charge is -2.26. The predicted octanol–water partition coefficient (Wildman–Crippen LogP) is 4.19. The molecular formula is C17H22N2OS. The highest BCUT2D eigenvalue weighted by Gasteiger charge is 2.16. The third-order valence-electron chi connectivity index (χ3n) is 3.69. The zero-order chi connectivity index (χ0) is 15.2. The van der Waals surface area contributed by atoms with Crippen LogP contribution in [0.5, 0.6) is 0 Å². The van der Waals surface area contributed by atoms with Gasteiger partial charge in [0, 0.05) is 23.5 Å². The van der Waals surface area contributed by atoms with Crippen LogP contribution in [0.3, 0.4) is 0 Å².